The van der Waals surface area contributed by atoms with Gasteiger partial charge in [-0.15, -0.1) is 0 Å². The lowest BCUT2D eigenvalue weighted by molar-refractivity contribution is -0.128. The van der Waals surface area contributed by atoms with Gasteiger partial charge in [-0.2, -0.15) is 0 Å². The van der Waals surface area contributed by atoms with Gasteiger partial charge in [0.05, 0.1) is 0 Å². The van der Waals surface area contributed by atoms with Crippen molar-refractivity contribution < 1.29 is 9.53 Å². The van der Waals surface area contributed by atoms with Crippen molar-refractivity contribution >= 4 is 23.5 Å². The first-order valence-electron chi connectivity index (χ1n) is 6.84. The van der Waals surface area contributed by atoms with Crippen LogP contribution in [0.1, 0.15) is 25.2 Å². The maximum Gasteiger partial charge on any atom is 0.270 e. The van der Waals surface area contributed by atoms with Gasteiger partial charge in [0, 0.05) is 16.4 Å². The van der Waals surface area contributed by atoms with Crippen LogP contribution in [0.4, 0.5) is 5.95 Å². The zero-order valence-electron chi connectivity index (χ0n) is 13.0. The number of carbonyl (C=O) groups is 1. The Morgan fingerprint density at radius 3 is 2.23 bits per heavy atom. The highest BCUT2D eigenvalue weighted by atomic mass is 35.5. The number of ether oxygens (including phenoxy) is 1. The third kappa shape index (κ3) is 4.18. The van der Waals surface area contributed by atoms with E-state index in [4.69, 9.17) is 16.3 Å². The van der Waals surface area contributed by atoms with Crippen molar-refractivity contribution in [2.24, 2.45) is 0 Å². The molecule has 0 aliphatic carbocycles. The van der Waals surface area contributed by atoms with Gasteiger partial charge in [-0.1, -0.05) is 11.6 Å². The molecule has 2 aromatic rings. The molecule has 0 saturated heterocycles. The molecule has 1 amide bonds. The Kier molecular flexibility index (Phi) is 4.66. The molecule has 1 N–H and O–H groups in total. The molecule has 2 rings (SSSR count). The van der Waals surface area contributed by atoms with E-state index in [1.54, 1.807) is 38.1 Å². The van der Waals surface area contributed by atoms with Crippen LogP contribution in [-0.2, 0) is 4.79 Å². The van der Waals surface area contributed by atoms with Crippen molar-refractivity contribution in [2.75, 3.05) is 5.32 Å². The number of nitrogens with zero attached hydrogens (tertiary/aromatic N) is 2. The molecule has 6 heteroatoms. The maximum absolute atomic E-state index is 12.4. The average molecular weight is 320 g/mol. The van der Waals surface area contributed by atoms with Crippen molar-refractivity contribution in [2.45, 2.75) is 33.3 Å². The van der Waals surface area contributed by atoms with Gasteiger partial charge >= 0.3 is 0 Å². The summed E-state index contributed by atoms with van der Waals surface area (Å²) in [5, 5.41) is 3.29. The molecule has 1 aromatic carbocycles. The fourth-order valence-electron chi connectivity index (χ4n) is 1.88. The van der Waals surface area contributed by atoms with Crippen molar-refractivity contribution in [3.63, 3.8) is 0 Å². The second-order valence-corrected chi connectivity index (χ2v) is 5.93. The molecule has 5 nitrogen and oxygen atoms in total. The molecule has 0 atom stereocenters. The Bertz CT molecular complexity index is 664. The van der Waals surface area contributed by atoms with Crippen LogP contribution < -0.4 is 10.1 Å². The highest BCUT2D eigenvalue weighted by Gasteiger charge is 2.30. The predicted molar refractivity (Wildman–Crippen MR) is 86.3 cm³/mol. The number of aryl methyl sites for hydroxylation is 2. The molecule has 0 spiro atoms. The molecular weight excluding hydrogens is 302 g/mol. The predicted octanol–water partition coefficient (Wildman–Crippen LogP) is 3.54. The molecule has 22 heavy (non-hydrogen) atoms. The van der Waals surface area contributed by atoms with Crippen LogP contribution >= 0.6 is 11.6 Å². The number of carbonyl (C=O) groups excluding carboxylic acids is 1. The number of anilines is 1. The normalized spacial score (nSPS) is 11.1. The first-order chi connectivity index (χ1) is 10.3. The number of aromatic nitrogens is 2. The minimum Gasteiger partial charge on any atom is -0.478 e. The molecule has 1 heterocycles. The minimum absolute atomic E-state index is 0.273. The summed E-state index contributed by atoms with van der Waals surface area (Å²) in [6, 6.07) is 8.68. The van der Waals surface area contributed by atoms with Gasteiger partial charge in [-0.3, -0.25) is 10.1 Å². The Labute approximate surface area is 134 Å². The second kappa shape index (κ2) is 6.32. The van der Waals surface area contributed by atoms with Gasteiger partial charge in [-0.05, 0) is 58.0 Å². The Hall–Kier alpha value is -2.14. The van der Waals surface area contributed by atoms with Gasteiger partial charge in [0.25, 0.3) is 5.91 Å². The largest absolute Gasteiger partial charge is 0.478 e. The number of benzene rings is 1. The van der Waals surface area contributed by atoms with Crippen molar-refractivity contribution in [1.82, 2.24) is 9.97 Å². The molecule has 0 radical (unpaired) electrons. The van der Waals surface area contributed by atoms with E-state index in [-0.39, 0.29) is 11.9 Å². The molecule has 0 unspecified atom stereocenters. The summed E-state index contributed by atoms with van der Waals surface area (Å²) < 4.78 is 5.73. The van der Waals surface area contributed by atoms with Crippen molar-refractivity contribution in [3.8, 4) is 5.75 Å². The van der Waals surface area contributed by atoms with Gasteiger partial charge in [0.1, 0.15) is 5.75 Å². The minimum atomic E-state index is -1.07. The Balaban J connectivity index is 2.11. The number of hydrogen-bond acceptors (Lipinski definition) is 4. The van der Waals surface area contributed by atoms with Crippen molar-refractivity contribution in [1.29, 1.82) is 0 Å². The fourth-order valence-corrected chi connectivity index (χ4v) is 2.00. The summed E-state index contributed by atoms with van der Waals surface area (Å²) >= 11 is 5.83. The highest BCUT2D eigenvalue weighted by Crippen LogP contribution is 2.21. The van der Waals surface area contributed by atoms with Crippen LogP contribution in [0.25, 0.3) is 0 Å². The first-order valence-corrected chi connectivity index (χ1v) is 7.22. The molecule has 0 aliphatic rings. The molecule has 1 aromatic heterocycles. The average Bonchev–Trinajstić information content (AvgIpc) is 2.40. The second-order valence-electron chi connectivity index (χ2n) is 5.49. The number of halogens is 1. The number of amides is 1. The van der Waals surface area contributed by atoms with Gasteiger partial charge in [-0.25, -0.2) is 9.97 Å². The molecular formula is C16H18ClN3O2. The van der Waals surface area contributed by atoms with E-state index >= 15 is 0 Å². The molecule has 0 aliphatic heterocycles. The summed E-state index contributed by atoms with van der Waals surface area (Å²) in [7, 11) is 0. The summed E-state index contributed by atoms with van der Waals surface area (Å²) in [5.41, 5.74) is 0.507. The molecule has 0 bridgehead atoms. The van der Waals surface area contributed by atoms with E-state index < -0.39 is 5.60 Å². The van der Waals surface area contributed by atoms with Crippen LogP contribution in [0.15, 0.2) is 30.3 Å². The maximum atomic E-state index is 12.4. The zero-order chi connectivity index (χ0) is 16.3. The zero-order valence-corrected chi connectivity index (χ0v) is 13.7. The summed E-state index contributed by atoms with van der Waals surface area (Å²) in [6.45, 7) is 7.05. The number of nitrogens with one attached hydrogen (secondary N) is 1. The fraction of sp³-hybridized carbons (Fsp3) is 0.312. The van der Waals surface area contributed by atoms with E-state index in [0.29, 0.717) is 10.8 Å². The van der Waals surface area contributed by atoms with E-state index in [1.807, 2.05) is 19.9 Å². The highest BCUT2D eigenvalue weighted by molar-refractivity contribution is 6.30. The SMILES string of the molecule is Cc1cc(C)nc(NC(=O)C(C)(C)Oc2ccc(Cl)cc2)n1. The third-order valence-corrected chi connectivity index (χ3v) is 3.19. The summed E-state index contributed by atoms with van der Waals surface area (Å²) in [4.78, 5) is 20.8. The van der Waals surface area contributed by atoms with E-state index in [1.165, 1.54) is 0 Å². The van der Waals surface area contributed by atoms with Crippen LogP contribution in [-0.4, -0.2) is 21.5 Å². The summed E-state index contributed by atoms with van der Waals surface area (Å²) in [5.74, 6) is 0.508. The van der Waals surface area contributed by atoms with Crippen molar-refractivity contribution in [3.05, 3.63) is 46.7 Å². The van der Waals surface area contributed by atoms with Gasteiger partial charge in [0.15, 0.2) is 5.60 Å². The molecule has 0 saturated carbocycles. The van der Waals surface area contributed by atoms with Crippen LogP contribution in [0.5, 0.6) is 5.75 Å². The van der Waals surface area contributed by atoms with Gasteiger partial charge in [0.2, 0.25) is 5.95 Å². The standard InChI is InChI=1S/C16H18ClN3O2/c1-10-9-11(2)19-15(18-10)20-14(21)16(3,4)22-13-7-5-12(17)6-8-13/h5-9H,1-4H3,(H,18,19,20,21). The van der Waals surface area contributed by atoms with E-state index in [9.17, 15) is 4.79 Å². The van der Waals surface area contributed by atoms with E-state index in [2.05, 4.69) is 15.3 Å². The monoisotopic (exact) mass is 319 g/mol. The Morgan fingerprint density at radius 2 is 1.68 bits per heavy atom. The van der Waals surface area contributed by atoms with E-state index in [0.717, 1.165) is 11.4 Å². The first kappa shape index (κ1) is 16.2. The third-order valence-electron chi connectivity index (χ3n) is 2.94. The van der Waals surface area contributed by atoms with Crippen LogP contribution in [0.2, 0.25) is 5.02 Å². The number of rotatable bonds is 4. The number of hydrogen-bond donors (Lipinski definition) is 1. The lowest BCUT2D eigenvalue weighted by Gasteiger charge is -2.25. The van der Waals surface area contributed by atoms with Crippen LogP contribution in [0, 0.1) is 13.8 Å². The topological polar surface area (TPSA) is 64.1 Å². The Morgan fingerprint density at radius 1 is 1.14 bits per heavy atom. The van der Waals surface area contributed by atoms with Crippen LogP contribution in [0.3, 0.4) is 0 Å². The van der Waals surface area contributed by atoms with Gasteiger partial charge < -0.3 is 4.74 Å². The quantitative estimate of drug-likeness (QED) is 0.936. The molecule has 0 fully saturated rings. The molecule has 116 valence electrons. The lowest BCUT2D eigenvalue weighted by atomic mass is 10.1. The smallest absolute Gasteiger partial charge is 0.270 e. The lowest BCUT2D eigenvalue weighted by Crippen LogP contribution is -2.43. The summed E-state index contributed by atoms with van der Waals surface area (Å²) in [6.07, 6.45) is 0.